The number of rotatable bonds is 3. The maximum Gasteiger partial charge on any atom is 0.306 e. The highest BCUT2D eigenvalue weighted by Crippen LogP contribution is 2.46. The Morgan fingerprint density at radius 1 is 1.35 bits per heavy atom. The Hall–Kier alpha value is -1.59. The molecule has 1 heterocycles. The summed E-state index contributed by atoms with van der Waals surface area (Å²) in [5.41, 5.74) is 1.09. The number of carboxylic acids is 1. The zero-order chi connectivity index (χ0) is 16.6. The first-order chi connectivity index (χ1) is 10.9. The number of nitrogens with one attached hydrogen (secondary N) is 1. The van der Waals surface area contributed by atoms with Crippen molar-refractivity contribution < 1.29 is 19.4 Å². The van der Waals surface area contributed by atoms with Gasteiger partial charge in [-0.3, -0.25) is 9.59 Å². The van der Waals surface area contributed by atoms with Gasteiger partial charge < -0.3 is 15.2 Å². The van der Waals surface area contributed by atoms with Gasteiger partial charge in [0.05, 0.1) is 11.5 Å². The van der Waals surface area contributed by atoms with E-state index in [1.54, 1.807) is 18.2 Å². The second-order valence-corrected chi connectivity index (χ2v) is 7.03. The van der Waals surface area contributed by atoms with Gasteiger partial charge in [0, 0.05) is 23.2 Å². The fourth-order valence-electron chi connectivity index (χ4n) is 3.59. The summed E-state index contributed by atoms with van der Waals surface area (Å²) in [5.74, 6) is -1.19. The van der Waals surface area contributed by atoms with Gasteiger partial charge in [0.1, 0.15) is 0 Å². The number of amides is 1. The molecule has 1 aliphatic carbocycles. The van der Waals surface area contributed by atoms with E-state index in [0.717, 1.165) is 12.0 Å². The summed E-state index contributed by atoms with van der Waals surface area (Å²) in [6, 6.07) is 5.22. The van der Waals surface area contributed by atoms with Crippen molar-refractivity contribution in [2.24, 2.45) is 5.92 Å². The van der Waals surface area contributed by atoms with Gasteiger partial charge >= 0.3 is 5.97 Å². The first-order valence-electron chi connectivity index (χ1n) is 7.82. The molecule has 1 spiro atoms. The molecule has 1 saturated heterocycles. The highest BCUT2D eigenvalue weighted by Gasteiger charge is 2.51. The molecule has 1 aromatic rings. The molecule has 23 heavy (non-hydrogen) atoms. The Balaban J connectivity index is 1.62. The number of halogens is 1. The number of carbonyl (C=O) groups is 2. The van der Waals surface area contributed by atoms with Crippen LogP contribution in [-0.4, -0.2) is 35.2 Å². The molecule has 0 aromatic heterocycles. The van der Waals surface area contributed by atoms with Gasteiger partial charge in [-0.1, -0.05) is 11.6 Å². The minimum absolute atomic E-state index is 0.0149. The molecule has 1 aromatic carbocycles. The molecule has 0 bridgehead atoms. The lowest BCUT2D eigenvalue weighted by Crippen LogP contribution is -2.56. The van der Waals surface area contributed by atoms with Gasteiger partial charge in [0.15, 0.2) is 0 Å². The van der Waals surface area contributed by atoms with Gasteiger partial charge in [-0.05, 0) is 56.4 Å². The molecule has 6 heteroatoms. The van der Waals surface area contributed by atoms with E-state index >= 15 is 0 Å². The lowest BCUT2D eigenvalue weighted by molar-refractivity contribution is -0.181. The predicted molar refractivity (Wildman–Crippen MR) is 85.7 cm³/mol. The van der Waals surface area contributed by atoms with Crippen LogP contribution in [0, 0.1) is 12.8 Å². The summed E-state index contributed by atoms with van der Waals surface area (Å²) in [7, 11) is 0. The zero-order valence-electron chi connectivity index (χ0n) is 13.0. The van der Waals surface area contributed by atoms with Crippen molar-refractivity contribution in [2.75, 3.05) is 6.61 Å². The second kappa shape index (κ2) is 6.13. The normalized spacial score (nSPS) is 29.8. The Labute approximate surface area is 140 Å². The lowest BCUT2D eigenvalue weighted by Gasteiger charge is -2.50. The fourth-order valence-corrected chi connectivity index (χ4v) is 3.82. The van der Waals surface area contributed by atoms with Gasteiger partial charge in [-0.2, -0.15) is 0 Å². The number of hydrogen-bond acceptors (Lipinski definition) is 3. The third-order valence-corrected chi connectivity index (χ3v) is 5.08. The highest BCUT2D eigenvalue weighted by molar-refractivity contribution is 6.30. The summed E-state index contributed by atoms with van der Waals surface area (Å²) in [5, 5.41) is 12.7. The number of carboxylic acid groups (broad SMARTS) is 1. The molecule has 1 amide bonds. The van der Waals surface area contributed by atoms with E-state index in [1.165, 1.54) is 0 Å². The number of benzene rings is 1. The van der Waals surface area contributed by atoms with Crippen molar-refractivity contribution in [1.29, 1.82) is 0 Å². The van der Waals surface area contributed by atoms with Crippen LogP contribution in [0.2, 0.25) is 5.02 Å². The summed E-state index contributed by atoms with van der Waals surface area (Å²) in [6.45, 7) is 2.41. The molecule has 1 saturated carbocycles. The summed E-state index contributed by atoms with van der Waals surface area (Å²) in [6.07, 6.45) is 2.50. The molecule has 2 N–H and O–H groups in total. The minimum Gasteiger partial charge on any atom is -0.481 e. The van der Waals surface area contributed by atoms with E-state index in [-0.39, 0.29) is 23.5 Å². The van der Waals surface area contributed by atoms with Crippen LogP contribution in [0.5, 0.6) is 0 Å². The molecular formula is C17H20ClNO4. The third-order valence-electron chi connectivity index (χ3n) is 4.85. The number of aliphatic carboxylic acids is 1. The predicted octanol–water partition coefficient (Wildman–Crippen LogP) is 2.79. The topological polar surface area (TPSA) is 75.6 Å². The standard InChI is InChI=1S/C17H20ClNO4/c1-10-6-12(18)2-3-14(10)15(20)19-13-4-5-23-17(9-13)7-11(8-17)16(21)22/h2-3,6,11,13H,4-5,7-9H2,1H3,(H,19,20)(H,21,22). The van der Waals surface area contributed by atoms with Crippen LogP contribution in [0.3, 0.4) is 0 Å². The quantitative estimate of drug-likeness (QED) is 0.889. The Morgan fingerprint density at radius 2 is 2.09 bits per heavy atom. The van der Waals surface area contributed by atoms with Crippen molar-refractivity contribution in [3.63, 3.8) is 0 Å². The first-order valence-corrected chi connectivity index (χ1v) is 8.20. The zero-order valence-corrected chi connectivity index (χ0v) is 13.7. The molecule has 0 radical (unpaired) electrons. The highest BCUT2D eigenvalue weighted by atomic mass is 35.5. The van der Waals surface area contributed by atoms with Crippen molar-refractivity contribution in [3.8, 4) is 0 Å². The average Bonchev–Trinajstić information content (AvgIpc) is 2.44. The molecule has 2 fully saturated rings. The number of ether oxygens (including phenoxy) is 1. The van der Waals surface area contributed by atoms with Crippen LogP contribution in [0.25, 0.3) is 0 Å². The van der Waals surface area contributed by atoms with Gasteiger partial charge in [-0.25, -0.2) is 0 Å². The maximum absolute atomic E-state index is 12.4. The fraction of sp³-hybridized carbons (Fsp3) is 0.529. The van der Waals surface area contributed by atoms with Gasteiger partial charge in [-0.15, -0.1) is 0 Å². The van der Waals surface area contributed by atoms with E-state index in [2.05, 4.69) is 5.32 Å². The van der Waals surface area contributed by atoms with Crippen molar-refractivity contribution in [3.05, 3.63) is 34.3 Å². The van der Waals surface area contributed by atoms with Crippen LogP contribution in [-0.2, 0) is 9.53 Å². The molecule has 5 nitrogen and oxygen atoms in total. The largest absolute Gasteiger partial charge is 0.481 e. The lowest BCUT2D eigenvalue weighted by atomic mass is 9.66. The Bertz CT molecular complexity index is 639. The van der Waals surface area contributed by atoms with Gasteiger partial charge in [0.25, 0.3) is 5.91 Å². The Kier molecular flexibility index (Phi) is 4.34. The van der Waals surface area contributed by atoms with E-state index in [9.17, 15) is 9.59 Å². The smallest absolute Gasteiger partial charge is 0.306 e. The van der Waals surface area contributed by atoms with E-state index < -0.39 is 5.97 Å². The molecule has 1 unspecified atom stereocenters. The monoisotopic (exact) mass is 337 g/mol. The van der Waals surface area contributed by atoms with E-state index in [0.29, 0.717) is 36.5 Å². The summed E-state index contributed by atoms with van der Waals surface area (Å²) < 4.78 is 5.81. The van der Waals surface area contributed by atoms with Crippen LogP contribution in [0.15, 0.2) is 18.2 Å². The van der Waals surface area contributed by atoms with E-state index in [4.69, 9.17) is 21.4 Å². The second-order valence-electron chi connectivity index (χ2n) is 6.60. The molecule has 1 aliphatic heterocycles. The number of hydrogen-bond donors (Lipinski definition) is 2. The molecule has 3 rings (SSSR count). The third kappa shape index (κ3) is 3.35. The Morgan fingerprint density at radius 3 is 2.74 bits per heavy atom. The van der Waals surface area contributed by atoms with Crippen LogP contribution in [0.1, 0.15) is 41.6 Å². The van der Waals surface area contributed by atoms with E-state index in [1.807, 2.05) is 6.92 Å². The summed E-state index contributed by atoms with van der Waals surface area (Å²) in [4.78, 5) is 23.4. The number of aryl methyl sites for hydroxylation is 1. The molecule has 1 atom stereocenters. The number of carbonyl (C=O) groups excluding carboxylic acids is 1. The maximum atomic E-state index is 12.4. The minimum atomic E-state index is -0.762. The molecule has 124 valence electrons. The van der Waals surface area contributed by atoms with Crippen molar-refractivity contribution in [1.82, 2.24) is 5.32 Å². The molecular weight excluding hydrogens is 318 g/mol. The van der Waals surface area contributed by atoms with Crippen LogP contribution >= 0.6 is 11.6 Å². The SMILES string of the molecule is Cc1cc(Cl)ccc1C(=O)NC1CCOC2(C1)CC(C(=O)O)C2. The van der Waals surface area contributed by atoms with Crippen molar-refractivity contribution in [2.45, 2.75) is 44.2 Å². The summed E-state index contributed by atoms with van der Waals surface area (Å²) >= 11 is 5.92. The van der Waals surface area contributed by atoms with Gasteiger partial charge in [0.2, 0.25) is 0 Å². The van der Waals surface area contributed by atoms with Crippen LogP contribution in [0.4, 0.5) is 0 Å². The van der Waals surface area contributed by atoms with Crippen LogP contribution < -0.4 is 5.32 Å². The van der Waals surface area contributed by atoms with Crippen molar-refractivity contribution >= 4 is 23.5 Å². The first kappa shape index (κ1) is 16.3. The molecule has 2 aliphatic rings. The average molecular weight is 338 g/mol.